The van der Waals surface area contributed by atoms with Crippen LogP contribution in [-0.2, 0) is 16.0 Å². The van der Waals surface area contributed by atoms with Gasteiger partial charge in [0.2, 0.25) is 11.8 Å². The number of rotatable bonds is 10. The first kappa shape index (κ1) is 25.3. The Balaban J connectivity index is 1.32. The summed E-state index contributed by atoms with van der Waals surface area (Å²) in [6.07, 6.45) is 10.5. The molecule has 2 aromatic rings. The molecular weight excluding hydrogens is 453 g/mol. The molecule has 2 atom stereocenters. The predicted octanol–water partition coefficient (Wildman–Crippen LogP) is 3.34. The Labute approximate surface area is 214 Å². The van der Waals surface area contributed by atoms with Crippen LogP contribution in [0.15, 0.2) is 30.5 Å². The van der Waals surface area contributed by atoms with Gasteiger partial charge in [-0.1, -0.05) is 32.0 Å². The quantitative estimate of drug-likeness (QED) is 0.327. The SMILES string of the molecule is CC(C)C[C@H](NC(=O)[C@H](Cc1c[nH]c2ccccc12)NC(=O)CC12CC3CC(CC(C3)C1)C2)B(O)O. The van der Waals surface area contributed by atoms with Gasteiger partial charge in [-0.2, -0.15) is 0 Å². The maximum atomic E-state index is 13.4. The molecule has 5 N–H and O–H groups in total. The maximum Gasteiger partial charge on any atom is 0.475 e. The number of carbonyl (C=O) groups is 2. The Morgan fingerprint density at radius 3 is 2.31 bits per heavy atom. The summed E-state index contributed by atoms with van der Waals surface area (Å²) in [4.78, 5) is 30.1. The average Bonchev–Trinajstić information content (AvgIpc) is 3.19. The molecule has 0 spiro atoms. The molecule has 2 amide bonds. The van der Waals surface area contributed by atoms with Crippen LogP contribution in [0.4, 0.5) is 0 Å². The van der Waals surface area contributed by atoms with E-state index in [0.29, 0.717) is 19.3 Å². The van der Waals surface area contributed by atoms with Gasteiger partial charge in [0.1, 0.15) is 6.04 Å². The van der Waals surface area contributed by atoms with Crippen molar-refractivity contribution in [3.05, 3.63) is 36.0 Å². The van der Waals surface area contributed by atoms with Crippen molar-refractivity contribution in [2.75, 3.05) is 0 Å². The molecule has 1 aromatic heterocycles. The molecule has 1 aromatic carbocycles. The average molecular weight is 493 g/mol. The van der Waals surface area contributed by atoms with E-state index in [9.17, 15) is 19.6 Å². The first-order chi connectivity index (χ1) is 17.2. The first-order valence-electron chi connectivity index (χ1n) is 13.7. The lowest BCUT2D eigenvalue weighted by atomic mass is 9.49. The molecular formula is C28H40BN3O4. The van der Waals surface area contributed by atoms with Gasteiger partial charge in [-0.25, -0.2) is 0 Å². The number of nitrogens with one attached hydrogen (secondary N) is 3. The zero-order valence-corrected chi connectivity index (χ0v) is 21.5. The number of aromatic amines is 1. The van der Waals surface area contributed by atoms with Gasteiger partial charge >= 0.3 is 7.12 Å². The molecule has 194 valence electrons. The van der Waals surface area contributed by atoms with Crippen molar-refractivity contribution in [3.63, 3.8) is 0 Å². The van der Waals surface area contributed by atoms with Gasteiger partial charge in [-0.15, -0.1) is 0 Å². The third-order valence-electron chi connectivity index (χ3n) is 8.86. The van der Waals surface area contributed by atoms with Gasteiger partial charge in [0.05, 0.1) is 5.94 Å². The van der Waals surface area contributed by atoms with Gasteiger partial charge in [0, 0.05) is 29.9 Å². The second-order valence-electron chi connectivity index (χ2n) is 12.4. The minimum Gasteiger partial charge on any atom is -0.426 e. The van der Waals surface area contributed by atoms with Crippen LogP contribution >= 0.6 is 0 Å². The molecule has 0 saturated heterocycles. The fourth-order valence-electron chi connectivity index (χ4n) is 7.87. The van der Waals surface area contributed by atoms with Crippen LogP contribution in [0.5, 0.6) is 0 Å². The van der Waals surface area contributed by atoms with E-state index in [2.05, 4.69) is 15.6 Å². The molecule has 8 heteroatoms. The van der Waals surface area contributed by atoms with Crippen molar-refractivity contribution in [1.29, 1.82) is 0 Å². The van der Waals surface area contributed by atoms with Crippen molar-refractivity contribution in [3.8, 4) is 0 Å². The molecule has 1 heterocycles. The molecule has 0 aliphatic heterocycles. The van der Waals surface area contributed by atoms with Crippen LogP contribution < -0.4 is 10.6 Å². The molecule has 0 unspecified atom stereocenters. The van der Waals surface area contributed by atoms with Crippen LogP contribution in [-0.4, -0.2) is 45.9 Å². The number of hydrogen-bond acceptors (Lipinski definition) is 4. The van der Waals surface area contributed by atoms with E-state index in [1.54, 1.807) is 0 Å². The Bertz CT molecular complexity index is 1060. The first-order valence-corrected chi connectivity index (χ1v) is 13.7. The molecule has 4 saturated carbocycles. The van der Waals surface area contributed by atoms with Crippen LogP contribution in [0, 0.1) is 29.1 Å². The van der Waals surface area contributed by atoms with E-state index >= 15 is 0 Å². The largest absolute Gasteiger partial charge is 0.475 e. The van der Waals surface area contributed by atoms with Crippen LogP contribution in [0.25, 0.3) is 10.9 Å². The number of carbonyl (C=O) groups excluding carboxylic acids is 2. The van der Waals surface area contributed by atoms with Crippen molar-refractivity contribution < 1.29 is 19.6 Å². The number of benzene rings is 1. The van der Waals surface area contributed by atoms with E-state index in [1.807, 2.05) is 44.3 Å². The van der Waals surface area contributed by atoms with Gasteiger partial charge in [-0.3, -0.25) is 9.59 Å². The fraction of sp³-hybridized carbons (Fsp3) is 0.643. The lowest BCUT2D eigenvalue weighted by Gasteiger charge is -2.56. The minimum absolute atomic E-state index is 0.0677. The Hall–Kier alpha value is -2.32. The zero-order valence-electron chi connectivity index (χ0n) is 21.5. The third-order valence-corrected chi connectivity index (χ3v) is 8.86. The summed E-state index contributed by atoms with van der Waals surface area (Å²) in [7, 11) is -1.66. The molecule has 7 nitrogen and oxygen atoms in total. The van der Waals surface area contributed by atoms with E-state index in [4.69, 9.17) is 0 Å². The summed E-state index contributed by atoms with van der Waals surface area (Å²) in [6.45, 7) is 3.94. The number of amides is 2. The summed E-state index contributed by atoms with van der Waals surface area (Å²) >= 11 is 0. The van der Waals surface area contributed by atoms with E-state index in [0.717, 1.165) is 53.5 Å². The van der Waals surface area contributed by atoms with Gasteiger partial charge in [0.15, 0.2) is 0 Å². The van der Waals surface area contributed by atoms with Crippen LogP contribution in [0.1, 0.15) is 70.8 Å². The van der Waals surface area contributed by atoms with Gasteiger partial charge in [-0.05, 0) is 85.7 Å². The zero-order chi connectivity index (χ0) is 25.4. The van der Waals surface area contributed by atoms with Crippen molar-refractivity contribution in [2.45, 2.75) is 83.6 Å². The Morgan fingerprint density at radius 2 is 1.69 bits per heavy atom. The standard InChI is InChI=1S/C28H40BN3O4/c1-17(2)7-25(29(35)36)32-27(34)24(11-21-16-30-23-6-4-3-5-22(21)23)31-26(33)15-28-12-18-8-19(13-28)10-20(9-18)14-28/h3-6,16-20,24-25,30,35-36H,7-15H2,1-2H3,(H,31,33)(H,32,34)/t18?,19?,20?,24-,25-,28?/m0/s1. The molecule has 4 aliphatic carbocycles. The second-order valence-corrected chi connectivity index (χ2v) is 12.4. The Kier molecular flexibility index (Phi) is 7.19. The third kappa shape index (κ3) is 5.49. The van der Waals surface area contributed by atoms with Gasteiger partial charge < -0.3 is 25.7 Å². The lowest BCUT2D eigenvalue weighted by molar-refractivity contribution is -0.134. The minimum atomic E-state index is -1.66. The summed E-state index contributed by atoms with van der Waals surface area (Å²) in [5, 5.41) is 26.6. The number of fused-ring (bicyclic) bond motifs is 1. The molecule has 6 rings (SSSR count). The monoisotopic (exact) mass is 493 g/mol. The molecule has 36 heavy (non-hydrogen) atoms. The van der Waals surface area contributed by atoms with Crippen LogP contribution in [0.2, 0.25) is 0 Å². The van der Waals surface area contributed by atoms with Crippen molar-refractivity contribution in [1.82, 2.24) is 15.6 Å². The van der Waals surface area contributed by atoms with E-state index in [1.165, 1.54) is 19.3 Å². The fourth-order valence-corrected chi connectivity index (χ4v) is 7.87. The predicted molar refractivity (Wildman–Crippen MR) is 141 cm³/mol. The number of aromatic nitrogens is 1. The number of para-hydroxylation sites is 1. The summed E-state index contributed by atoms with van der Waals surface area (Å²) < 4.78 is 0. The molecule has 4 aliphatic rings. The summed E-state index contributed by atoms with van der Waals surface area (Å²) in [6, 6.07) is 7.12. The topological polar surface area (TPSA) is 114 Å². The molecule has 4 fully saturated rings. The lowest BCUT2D eigenvalue weighted by Crippen LogP contribution is -2.55. The van der Waals surface area contributed by atoms with E-state index < -0.39 is 19.1 Å². The maximum absolute atomic E-state index is 13.4. The molecule has 4 bridgehead atoms. The summed E-state index contributed by atoms with van der Waals surface area (Å²) in [5.74, 6) is 1.23. The smallest absolute Gasteiger partial charge is 0.426 e. The normalized spacial score (nSPS) is 28.3. The van der Waals surface area contributed by atoms with Crippen LogP contribution in [0.3, 0.4) is 0 Å². The highest BCUT2D eigenvalue weighted by molar-refractivity contribution is 6.43. The van der Waals surface area contributed by atoms with Gasteiger partial charge in [0.25, 0.3) is 0 Å². The highest BCUT2D eigenvalue weighted by Crippen LogP contribution is 2.61. The number of H-pyrrole nitrogens is 1. The second kappa shape index (κ2) is 10.2. The number of hydrogen-bond donors (Lipinski definition) is 5. The van der Waals surface area contributed by atoms with E-state index in [-0.39, 0.29) is 23.1 Å². The Morgan fingerprint density at radius 1 is 1.06 bits per heavy atom. The summed E-state index contributed by atoms with van der Waals surface area (Å²) in [5.41, 5.74) is 2.02. The highest BCUT2D eigenvalue weighted by Gasteiger charge is 2.51. The highest BCUT2D eigenvalue weighted by atomic mass is 16.4. The van der Waals surface area contributed by atoms with Crippen molar-refractivity contribution >= 4 is 29.8 Å². The van der Waals surface area contributed by atoms with Crippen molar-refractivity contribution in [2.24, 2.45) is 29.1 Å². The molecule has 0 radical (unpaired) electrons.